The van der Waals surface area contributed by atoms with Gasteiger partial charge in [0.25, 0.3) is 0 Å². The summed E-state index contributed by atoms with van der Waals surface area (Å²) < 4.78 is 0. The van der Waals surface area contributed by atoms with Gasteiger partial charge in [0, 0.05) is 26.2 Å². The molecule has 5 nitrogen and oxygen atoms in total. The van der Waals surface area contributed by atoms with Crippen LogP contribution in [0.5, 0.6) is 0 Å². The summed E-state index contributed by atoms with van der Waals surface area (Å²) in [4.78, 5) is 28.1. The second kappa shape index (κ2) is 8.71. The number of hydrogen-bond donors (Lipinski definition) is 1. The maximum absolute atomic E-state index is 12.6. The summed E-state index contributed by atoms with van der Waals surface area (Å²) >= 11 is 0. The molecule has 5 heteroatoms. The zero-order valence-electron chi connectivity index (χ0n) is 16.0. The summed E-state index contributed by atoms with van der Waals surface area (Å²) in [5, 5.41) is 3.14. The molecule has 27 heavy (non-hydrogen) atoms. The van der Waals surface area contributed by atoms with Gasteiger partial charge in [-0.05, 0) is 37.5 Å². The number of aryl methyl sites for hydroxylation is 1. The molecule has 0 aromatic heterocycles. The van der Waals surface area contributed by atoms with Crippen molar-refractivity contribution >= 4 is 23.7 Å². The second-order valence-corrected chi connectivity index (χ2v) is 7.05. The molecular formula is C22H27N3O2. The van der Waals surface area contributed by atoms with Gasteiger partial charge in [-0.3, -0.25) is 9.59 Å². The SMILES string of the molecule is CNc1ccccc1N(C=O)C1CCN(C(=O)Cc2ccc(C)cc2)CC1. The molecule has 1 aliphatic heterocycles. The van der Waals surface area contributed by atoms with Crippen molar-refractivity contribution in [2.75, 3.05) is 30.4 Å². The number of carbonyl (C=O) groups excluding carboxylic acids is 2. The van der Waals surface area contributed by atoms with Gasteiger partial charge in [0.1, 0.15) is 0 Å². The largest absolute Gasteiger partial charge is 0.386 e. The molecule has 2 amide bonds. The van der Waals surface area contributed by atoms with Crippen molar-refractivity contribution < 1.29 is 9.59 Å². The van der Waals surface area contributed by atoms with Crippen molar-refractivity contribution in [2.45, 2.75) is 32.2 Å². The van der Waals surface area contributed by atoms with Crippen molar-refractivity contribution in [2.24, 2.45) is 0 Å². The monoisotopic (exact) mass is 365 g/mol. The van der Waals surface area contributed by atoms with Crippen LogP contribution in [-0.2, 0) is 16.0 Å². The molecule has 0 aliphatic carbocycles. The lowest BCUT2D eigenvalue weighted by Gasteiger charge is -2.37. The first kappa shape index (κ1) is 19.0. The number of piperidine rings is 1. The van der Waals surface area contributed by atoms with Crippen molar-refractivity contribution in [1.29, 1.82) is 0 Å². The molecule has 2 aromatic rings. The van der Waals surface area contributed by atoms with Crippen LogP contribution in [0.2, 0.25) is 0 Å². The highest BCUT2D eigenvalue weighted by Crippen LogP contribution is 2.29. The Hall–Kier alpha value is -2.82. The van der Waals surface area contributed by atoms with Crippen molar-refractivity contribution in [3.63, 3.8) is 0 Å². The smallest absolute Gasteiger partial charge is 0.226 e. The third-order valence-electron chi connectivity index (χ3n) is 5.25. The van der Waals surface area contributed by atoms with E-state index in [-0.39, 0.29) is 11.9 Å². The molecule has 1 N–H and O–H groups in total. The predicted octanol–water partition coefficient (Wildman–Crippen LogP) is 3.23. The minimum atomic E-state index is 0.112. The molecule has 0 radical (unpaired) electrons. The van der Waals surface area contributed by atoms with Gasteiger partial charge < -0.3 is 15.1 Å². The van der Waals surface area contributed by atoms with Crippen LogP contribution in [0.1, 0.15) is 24.0 Å². The number of para-hydroxylation sites is 2. The van der Waals surface area contributed by atoms with E-state index in [0.717, 1.165) is 36.2 Å². The highest BCUT2D eigenvalue weighted by atomic mass is 16.2. The van der Waals surface area contributed by atoms with Gasteiger partial charge >= 0.3 is 0 Å². The first-order valence-electron chi connectivity index (χ1n) is 9.46. The van der Waals surface area contributed by atoms with Crippen LogP contribution in [0.4, 0.5) is 11.4 Å². The van der Waals surface area contributed by atoms with Crippen LogP contribution < -0.4 is 10.2 Å². The topological polar surface area (TPSA) is 52.7 Å². The minimum absolute atomic E-state index is 0.112. The van der Waals surface area contributed by atoms with E-state index in [1.54, 1.807) is 4.90 Å². The van der Waals surface area contributed by atoms with Crippen LogP contribution in [0, 0.1) is 6.92 Å². The Morgan fingerprint density at radius 1 is 1.15 bits per heavy atom. The van der Waals surface area contributed by atoms with Crippen LogP contribution >= 0.6 is 0 Å². The van der Waals surface area contributed by atoms with E-state index in [1.165, 1.54) is 5.56 Å². The summed E-state index contributed by atoms with van der Waals surface area (Å²) in [5.41, 5.74) is 4.06. The van der Waals surface area contributed by atoms with Gasteiger partial charge in [-0.1, -0.05) is 42.0 Å². The molecule has 0 atom stereocenters. The van der Waals surface area contributed by atoms with E-state index in [1.807, 2.05) is 67.4 Å². The predicted molar refractivity (Wildman–Crippen MR) is 109 cm³/mol. The summed E-state index contributed by atoms with van der Waals surface area (Å²) in [7, 11) is 1.86. The molecule has 0 saturated carbocycles. The second-order valence-electron chi connectivity index (χ2n) is 7.05. The Bertz CT molecular complexity index is 780. The Morgan fingerprint density at radius 3 is 2.44 bits per heavy atom. The molecule has 1 heterocycles. The van der Waals surface area contributed by atoms with E-state index in [4.69, 9.17) is 0 Å². The first-order valence-corrected chi connectivity index (χ1v) is 9.46. The van der Waals surface area contributed by atoms with Crippen molar-refractivity contribution in [3.05, 3.63) is 59.7 Å². The first-order chi connectivity index (χ1) is 13.1. The highest BCUT2D eigenvalue weighted by molar-refractivity contribution is 5.84. The van der Waals surface area contributed by atoms with E-state index in [9.17, 15) is 9.59 Å². The van der Waals surface area contributed by atoms with E-state index < -0.39 is 0 Å². The third-order valence-corrected chi connectivity index (χ3v) is 5.25. The van der Waals surface area contributed by atoms with Crippen molar-refractivity contribution in [1.82, 2.24) is 4.90 Å². The summed E-state index contributed by atoms with van der Waals surface area (Å²) in [6.07, 6.45) is 2.92. The van der Waals surface area contributed by atoms with Gasteiger partial charge in [0.2, 0.25) is 12.3 Å². The van der Waals surface area contributed by atoms with Gasteiger partial charge in [0.05, 0.1) is 17.8 Å². The summed E-state index contributed by atoms with van der Waals surface area (Å²) in [5.74, 6) is 0.158. The number of hydrogen-bond acceptors (Lipinski definition) is 3. The molecule has 0 spiro atoms. The van der Waals surface area contributed by atoms with E-state index in [0.29, 0.717) is 19.5 Å². The third kappa shape index (κ3) is 4.48. The van der Waals surface area contributed by atoms with Crippen LogP contribution in [0.15, 0.2) is 48.5 Å². The Morgan fingerprint density at radius 2 is 1.81 bits per heavy atom. The van der Waals surface area contributed by atoms with E-state index in [2.05, 4.69) is 5.32 Å². The maximum Gasteiger partial charge on any atom is 0.226 e. The number of nitrogens with one attached hydrogen (secondary N) is 1. The molecule has 0 unspecified atom stereocenters. The molecule has 3 rings (SSSR count). The minimum Gasteiger partial charge on any atom is -0.386 e. The van der Waals surface area contributed by atoms with Gasteiger partial charge in [0.15, 0.2) is 0 Å². The van der Waals surface area contributed by atoms with Crippen LogP contribution in [0.25, 0.3) is 0 Å². The normalized spacial score (nSPS) is 14.7. The number of amides is 2. The Kier molecular flexibility index (Phi) is 6.12. The fraction of sp³-hybridized carbons (Fsp3) is 0.364. The van der Waals surface area contributed by atoms with Gasteiger partial charge in [-0.25, -0.2) is 0 Å². The number of nitrogens with zero attached hydrogens (tertiary/aromatic N) is 2. The Balaban J connectivity index is 1.61. The number of carbonyl (C=O) groups is 2. The number of likely N-dealkylation sites (tertiary alicyclic amines) is 1. The summed E-state index contributed by atoms with van der Waals surface area (Å²) in [6.45, 7) is 3.41. The molecule has 1 fully saturated rings. The lowest BCUT2D eigenvalue weighted by Crippen LogP contribution is -2.47. The average Bonchev–Trinajstić information content (AvgIpc) is 2.71. The molecule has 1 aliphatic rings. The van der Waals surface area contributed by atoms with Gasteiger partial charge in [-0.2, -0.15) is 0 Å². The highest BCUT2D eigenvalue weighted by Gasteiger charge is 2.28. The number of rotatable bonds is 6. The zero-order chi connectivity index (χ0) is 19.2. The number of anilines is 2. The van der Waals surface area contributed by atoms with Crippen LogP contribution in [-0.4, -0.2) is 43.4 Å². The maximum atomic E-state index is 12.6. The fourth-order valence-electron chi connectivity index (χ4n) is 3.64. The molecule has 2 aromatic carbocycles. The zero-order valence-corrected chi connectivity index (χ0v) is 16.0. The number of benzene rings is 2. The molecule has 0 bridgehead atoms. The lowest BCUT2D eigenvalue weighted by molar-refractivity contribution is -0.131. The quantitative estimate of drug-likeness (QED) is 0.800. The molecule has 142 valence electrons. The lowest BCUT2D eigenvalue weighted by atomic mass is 10.0. The standard InChI is InChI=1S/C22H27N3O2/c1-17-7-9-18(10-8-17)15-22(27)24-13-11-19(12-14-24)25(16-26)21-6-4-3-5-20(21)23-2/h3-10,16,19,23H,11-15H2,1-2H3. The van der Waals surface area contributed by atoms with E-state index >= 15 is 0 Å². The summed E-state index contributed by atoms with van der Waals surface area (Å²) in [6, 6.07) is 16.0. The fourth-order valence-corrected chi connectivity index (χ4v) is 3.64. The van der Waals surface area contributed by atoms with Crippen LogP contribution in [0.3, 0.4) is 0 Å². The molecular weight excluding hydrogens is 338 g/mol. The van der Waals surface area contributed by atoms with Gasteiger partial charge in [-0.15, -0.1) is 0 Å². The average molecular weight is 365 g/mol. The molecule has 1 saturated heterocycles. The van der Waals surface area contributed by atoms with Crippen molar-refractivity contribution in [3.8, 4) is 0 Å². The Labute approximate surface area is 161 Å².